The number of rotatable bonds is 6. The molecule has 9 rings (SSSR count). The molecule has 0 spiro atoms. The fourth-order valence-electron chi connectivity index (χ4n) is 7.27. The van der Waals surface area contributed by atoms with Crippen molar-refractivity contribution in [3.8, 4) is 11.5 Å². The lowest BCUT2D eigenvalue weighted by Gasteiger charge is -2.30. The van der Waals surface area contributed by atoms with Crippen molar-refractivity contribution in [3.63, 3.8) is 0 Å². The number of ether oxygens (including phenoxy) is 1. The molecule has 0 N–H and O–H groups in total. The highest BCUT2D eigenvalue weighted by Gasteiger charge is 2.32. The molecule has 0 unspecified atom stereocenters. The minimum Gasteiger partial charge on any atom is -0.456 e. The van der Waals surface area contributed by atoms with Crippen molar-refractivity contribution >= 4 is 66.4 Å². The zero-order chi connectivity index (χ0) is 36.5. The summed E-state index contributed by atoms with van der Waals surface area (Å²) in [7, 11) is 0. The summed E-state index contributed by atoms with van der Waals surface area (Å²) in [5, 5.41) is 5.32. The van der Waals surface area contributed by atoms with Gasteiger partial charge in [-0.25, -0.2) is 0 Å². The summed E-state index contributed by atoms with van der Waals surface area (Å²) in [5.74, 6) is 1.19. The molecule has 53 heavy (non-hydrogen) atoms. The van der Waals surface area contributed by atoms with Gasteiger partial charge < -0.3 is 14.5 Å². The Morgan fingerprint density at radius 2 is 0.887 bits per heavy atom. The normalized spacial score (nSPS) is 12.5. The Labute approximate surface area is 299 Å². The number of para-hydroxylation sites is 2. The molecule has 0 saturated heterocycles. The van der Waals surface area contributed by atoms with Crippen LogP contribution < -0.4 is 14.5 Å². The maximum atomic E-state index is 13.6. The van der Waals surface area contributed by atoms with Crippen LogP contribution in [0.3, 0.4) is 0 Å². The van der Waals surface area contributed by atoms with E-state index in [9.17, 15) is 26.3 Å². The Hall–Kier alpha value is -6.48. The zero-order valence-electron chi connectivity index (χ0n) is 27.6. The van der Waals surface area contributed by atoms with Crippen LogP contribution in [0.15, 0.2) is 158 Å². The molecule has 260 valence electrons. The Balaban J connectivity index is 1.25. The average molecular weight is 713 g/mol. The highest BCUT2D eigenvalue weighted by atomic mass is 19.4. The highest BCUT2D eigenvalue weighted by molar-refractivity contribution is 6.28. The monoisotopic (exact) mass is 712 g/mol. The van der Waals surface area contributed by atoms with Crippen LogP contribution in [-0.2, 0) is 12.4 Å². The van der Waals surface area contributed by atoms with E-state index in [1.807, 2.05) is 119 Å². The van der Waals surface area contributed by atoms with Crippen molar-refractivity contribution in [2.75, 3.05) is 9.80 Å². The maximum absolute atomic E-state index is 13.6. The summed E-state index contributed by atoms with van der Waals surface area (Å²) >= 11 is 0. The minimum absolute atomic E-state index is 0.545. The molecule has 0 aromatic heterocycles. The van der Waals surface area contributed by atoms with E-state index in [1.165, 1.54) is 24.3 Å². The second-order valence-electron chi connectivity index (χ2n) is 12.8. The van der Waals surface area contributed by atoms with Gasteiger partial charge in [0.1, 0.15) is 11.5 Å². The predicted molar refractivity (Wildman–Crippen MR) is 198 cm³/mol. The van der Waals surface area contributed by atoms with Crippen LogP contribution in [0.1, 0.15) is 11.1 Å². The van der Waals surface area contributed by atoms with Crippen molar-refractivity contribution in [2.24, 2.45) is 0 Å². The Bertz CT molecular complexity index is 2660. The van der Waals surface area contributed by atoms with Crippen LogP contribution in [0.5, 0.6) is 11.5 Å². The molecular weight excluding hydrogens is 686 g/mol. The van der Waals surface area contributed by atoms with E-state index in [4.69, 9.17) is 4.74 Å². The molecule has 0 aliphatic carbocycles. The van der Waals surface area contributed by atoms with E-state index < -0.39 is 23.5 Å². The third-order valence-corrected chi connectivity index (χ3v) is 9.60. The predicted octanol–water partition coefficient (Wildman–Crippen LogP) is 14.2. The fraction of sp³-hybridized carbons (Fsp3) is 0.0455. The number of nitrogens with zero attached hydrogens (tertiary/aromatic N) is 2. The number of anilines is 6. The van der Waals surface area contributed by atoms with Gasteiger partial charge >= 0.3 is 12.4 Å². The minimum atomic E-state index is -4.47. The van der Waals surface area contributed by atoms with Crippen LogP contribution in [0.2, 0.25) is 0 Å². The van der Waals surface area contributed by atoms with Gasteiger partial charge in [-0.15, -0.1) is 0 Å². The molecule has 8 aromatic rings. The van der Waals surface area contributed by atoms with Gasteiger partial charge in [0.2, 0.25) is 0 Å². The number of hydrogen-bond donors (Lipinski definition) is 0. The molecule has 0 amide bonds. The summed E-state index contributed by atoms with van der Waals surface area (Å²) in [4.78, 5) is 3.84. The lowest BCUT2D eigenvalue weighted by atomic mass is 9.91. The van der Waals surface area contributed by atoms with Crippen molar-refractivity contribution < 1.29 is 31.1 Å². The molecule has 0 bridgehead atoms. The SMILES string of the molecule is FC(F)(F)c1ccc(N(c2ccccc2)c2cc3c4c(ccc5cc(N(c6ccccc6)c6ccc(C(F)(F)F)cc6)c6cccc(c6c54)O3)c2)cc1. The van der Waals surface area contributed by atoms with Gasteiger partial charge in [-0.05, 0) is 102 Å². The van der Waals surface area contributed by atoms with Gasteiger partial charge in [-0.1, -0.05) is 60.7 Å². The molecule has 1 aliphatic rings. The van der Waals surface area contributed by atoms with Crippen LogP contribution in [-0.4, -0.2) is 0 Å². The molecule has 1 heterocycles. The standard InChI is InChI=1S/C44H26F6N2O/c45-43(46,47)29-16-20-33(21-17-29)51(31-8-3-1-4-9-31)35-24-27-14-15-28-25-37(36-12-7-13-38-42(36)41(28)40(27)39(26-35)53-38)52(32-10-5-2-6-11-32)34-22-18-30(19-23-34)44(48,49)50/h1-26H. The van der Waals surface area contributed by atoms with Gasteiger partial charge in [0.15, 0.2) is 0 Å². The van der Waals surface area contributed by atoms with Gasteiger partial charge in [0.25, 0.3) is 0 Å². The van der Waals surface area contributed by atoms with Gasteiger partial charge in [-0.2, -0.15) is 26.3 Å². The summed E-state index contributed by atoms with van der Waals surface area (Å²) in [6, 6.07) is 44.8. The lowest BCUT2D eigenvalue weighted by Crippen LogP contribution is -2.12. The molecule has 3 nitrogen and oxygen atoms in total. The lowest BCUT2D eigenvalue weighted by molar-refractivity contribution is -0.138. The maximum Gasteiger partial charge on any atom is 0.416 e. The summed E-state index contributed by atoms with van der Waals surface area (Å²) in [6.07, 6.45) is -8.93. The topological polar surface area (TPSA) is 15.7 Å². The largest absolute Gasteiger partial charge is 0.456 e. The first-order valence-corrected chi connectivity index (χ1v) is 16.7. The zero-order valence-corrected chi connectivity index (χ0v) is 27.6. The molecule has 0 fully saturated rings. The van der Waals surface area contributed by atoms with E-state index in [-0.39, 0.29) is 0 Å². The first-order chi connectivity index (χ1) is 25.5. The molecule has 0 atom stereocenters. The molecular formula is C44H26F6N2O. The van der Waals surface area contributed by atoms with E-state index in [0.717, 1.165) is 73.6 Å². The van der Waals surface area contributed by atoms with Crippen molar-refractivity contribution in [1.82, 2.24) is 0 Å². The van der Waals surface area contributed by atoms with Crippen LogP contribution in [0.4, 0.5) is 60.5 Å². The molecule has 9 heteroatoms. The Morgan fingerprint density at radius 3 is 1.45 bits per heavy atom. The van der Waals surface area contributed by atoms with Crippen molar-refractivity contribution in [3.05, 3.63) is 169 Å². The van der Waals surface area contributed by atoms with Crippen LogP contribution in [0, 0.1) is 0 Å². The highest BCUT2D eigenvalue weighted by Crippen LogP contribution is 2.53. The van der Waals surface area contributed by atoms with Gasteiger partial charge in [0, 0.05) is 50.4 Å². The van der Waals surface area contributed by atoms with Gasteiger partial charge in [0.05, 0.1) is 22.5 Å². The average Bonchev–Trinajstić information content (AvgIpc) is 3.16. The van der Waals surface area contributed by atoms with Crippen molar-refractivity contribution in [2.45, 2.75) is 12.4 Å². The second-order valence-corrected chi connectivity index (χ2v) is 12.8. The quantitative estimate of drug-likeness (QED) is 0.126. The number of benzene rings is 8. The Morgan fingerprint density at radius 1 is 0.377 bits per heavy atom. The van der Waals surface area contributed by atoms with E-state index in [0.29, 0.717) is 28.6 Å². The molecule has 8 aromatic carbocycles. The number of hydrogen-bond acceptors (Lipinski definition) is 3. The third-order valence-electron chi connectivity index (χ3n) is 9.60. The molecule has 1 aliphatic heterocycles. The van der Waals surface area contributed by atoms with Gasteiger partial charge in [-0.3, -0.25) is 0 Å². The van der Waals surface area contributed by atoms with Crippen LogP contribution >= 0.6 is 0 Å². The first-order valence-electron chi connectivity index (χ1n) is 16.7. The molecule has 0 radical (unpaired) electrons. The summed E-state index contributed by atoms with van der Waals surface area (Å²) in [6.45, 7) is 0. The number of alkyl halides is 6. The van der Waals surface area contributed by atoms with Crippen molar-refractivity contribution in [1.29, 1.82) is 0 Å². The van der Waals surface area contributed by atoms with E-state index in [2.05, 4.69) is 0 Å². The fourth-order valence-corrected chi connectivity index (χ4v) is 7.27. The Kier molecular flexibility index (Phi) is 7.37. The summed E-state index contributed by atoms with van der Waals surface area (Å²) < 4.78 is 87.8. The molecule has 0 saturated carbocycles. The van der Waals surface area contributed by atoms with E-state index >= 15 is 0 Å². The first kappa shape index (κ1) is 32.4. The third kappa shape index (κ3) is 5.56. The summed E-state index contributed by atoms with van der Waals surface area (Å²) in [5.41, 5.74) is 2.63. The van der Waals surface area contributed by atoms with E-state index in [1.54, 1.807) is 0 Å². The van der Waals surface area contributed by atoms with Crippen LogP contribution in [0.25, 0.3) is 32.3 Å². The second kappa shape index (κ2) is 12.1. The smallest absolute Gasteiger partial charge is 0.416 e. The number of halogens is 6.